The van der Waals surface area contributed by atoms with Gasteiger partial charge in [-0.2, -0.15) is 0 Å². The number of benzene rings is 2. The molecule has 2 aromatic carbocycles. The molecule has 0 aliphatic rings. The second-order valence-corrected chi connectivity index (χ2v) is 5.59. The van der Waals surface area contributed by atoms with Crippen molar-refractivity contribution in [3.63, 3.8) is 0 Å². The number of ether oxygens (including phenoxy) is 1. The lowest BCUT2D eigenvalue weighted by Gasteiger charge is -2.12. The summed E-state index contributed by atoms with van der Waals surface area (Å²) in [4.78, 5) is 16.2. The molecule has 0 aliphatic carbocycles. The van der Waals surface area contributed by atoms with E-state index in [1.54, 1.807) is 12.1 Å². The van der Waals surface area contributed by atoms with Gasteiger partial charge in [-0.05, 0) is 36.8 Å². The average molecular weight is 333 g/mol. The van der Waals surface area contributed by atoms with Crippen molar-refractivity contribution >= 4 is 5.97 Å². The molecular formula is C21H19NO3. The Morgan fingerprint density at radius 2 is 1.72 bits per heavy atom. The summed E-state index contributed by atoms with van der Waals surface area (Å²) in [5, 5.41) is 9.48. The third kappa shape index (κ3) is 3.86. The summed E-state index contributed by atoms with van der Waals surface area (Å²) in [5.74, 6) is -0.227. The van der Waals surface area contributed by atoms with Gasteiger partial charge in [0, 0.05) is 12.0 Å². The third-order valence-electron chi connectivity index (χ3n) is 3.88. The largest absolute Gasteiger partial charge is 0.493 e. The van der Waals surface area contributed by atoms with Gasteiger partial charge in [-0.3, -0.25) is 4.98 Å². The van der Waals surface area contributed by atoms with Crippen LogP contribution in [-0.2, 0) is 6.42 Å². The average Bonchev–Trinajstić information content (AvgIpc) is 2.63. The molecule has 0 amide bonds. The molecule has 0 aliphatic heterocycles. The predicted octanol–water partition coefficient (Wildman–Crippen LogP) is 4.44. The molecule has 4 nitrogen and oxygen atoms in total. The predicted molar refractivity (Wildman–Crippen MR) is 97.0 cm³/mol. The molecule has 0 atom stereocenters. The summed E-state index contributed by atoms with van der Waals surface area (Å²) in [6.07, 6.45) is 0.465. The van der Waals surface area contributed by atoms with E-state index >= 15 is 0 Å². The number of carboxylic acid groups (broad SMARTS) is 1. The normalized spacial score (nSPS) is 10.4. The van der Waals surface area contributed by atoms with Crippen LogP contribution in [0.25, 0.3) is 11.3 Å². The summed E-state index contributed by atoms with van der Waals surface area (Å²) in [7, 11) is 0. The number of pyridine rings is 1. The van der Waals surface area contributed by atoms with Gasteiger partial charge in [0.2, 0.25) is 0 Å². The standard InChI is InChI=1S/C21H19NO3/c1-2-25-20-11-7-6-10-16(20)18-13-12-17(21(23)24)19(22-18)14-15-8-4-3-5-9-15/h3-13H,2,14H2,1H3,(H,23,24). The van der Waals surface area contributed by atoms with Crippen molar-refractivity contribution in [1.29, 1.82) is 0 Å². The Hall–Kier alpha value is -3.14. The highest BCUT2D eigenvalue weighted by atomic mass is 16.5. The first kappa shape index (κ1) is 16.7. The minimum Gasteiger partial charge on any atom is -0.493 e. The van der Waals surface area contributed by atoms with E-state index in [4.69, 9.17) is 4.74 Å². The van der Waals surface area contributed by atoms with Gasteiger partial charge in [-0.25, -0.2) is 4.79 Å². The van der Waals surface area contributed by atoms with Crippen LogP contribution in [0.3, 0.4) is 0 Å². The number of aromatic carboxylic acids is 1. The van der Waals surface area contributed by atoms with Crippen LogP contribution in [0.4, 0.5) is 0 Å². The SMILES string of the molecule is CCOc1ccccc1-c1ccc(C(=O)O)c(Cc2ccccc2)n1. The van der Waals surface area contributed by atoms with Crippen LogP contribution in [-0.4, -0.2) is 22.7 Å². The van der Waals surface area contributed by atoms with E-state index in [0.717, 1.165) is 16.9 Å². The van der Waals surface area contributed by atoms with Crippen molar-refractivity contribution < 1.29 is 14.6 Å². The molecule has 4 heteroatoms. The number of nitrogens with zero attached hydrogens (tertiary/aromatic N) is 1. The van der Waals surface area contributed by atoms with E-state index in [-0.39, 0.29) is 5.56 Å². The van der Waals surface area contributed by atoms with Gasteiger partial charge in [0.1, 0.15) is 5.75 Å². The number of para-hydroxylation sites is 1. The first-order chi connectivity index (χ1) is 12.2. The molecule has 1 N–H and O–H groups in total. The number of aromatic nitrogens is 1. The smallest absolute Gasteiger partial charge is 0.337 e. The fourth-order valence-electron chi connectivity index (χ4n) is 2.73. The molecule has 0 spiro atoms. The summed E-state index contributed by atoms with van der Waals surface area (Å²) < 4.78 is 5.67. The Morgan fingerprint density at radius 3 is 2.44 bits per heavy atom. The molecule has 126 valence electrons. The molecule has 1 aromatic heterocycles. The van der Waals surface area contributed by atoms with Gasteiger partial charge in [-0.15, -0.1) is 0 Å². The van der Waals surface area contributed by atoms with E-state index in [1.807, 2.05) is 61.5 Å². The Kier molecular flexibility index (Phi) is 5.09. The van der Waals surface area contributed by atoms with E-state index in [1.165, 1.54) is 0 Å². The molecule has 0 saturated heterocycles. The highest BCUT2D eigenvalue weighted by Gasteiger charge is 2.15. The zero-order chi connectivity index (χ0) is 17.6. The van der Waals surface area contributed by atoms with Gasteiger partial charge in [-0.1, -0.05) is 42.5 Å². The van der Waals surface area contributed by atoms with Crippen LogP contribution >= 0.6 is 0 Å². The Balaban J connectivity index is 2.05. The topological polar surface area (TPSA) is 59.4 Å². The molecule has 0 radical (unpaired) electrons. The van der Waals surface area contributed by atoms with Crippen molar-refractivity contribution in [2.75, 3.05) is 6.61 Å². The molecular weight excluding hydrogens is 314 g/mol. The van der Waals surface area contributed by atoms with Crippen LogP contribution in [0.2, 0.25) is 0 Å². The fraction of sp³-hybridized carbons (Fsp3) is 0.143. The lowest BCUT2D eigenvalue weighted by Crippen LogP contribution is -2.07. The number of hydrogen-bond donors (Lipinski definition) is 1. The maximum Gasteiger partial charge on any atom is 0.337 e. The minimum atomic E-state index is -0.969. The van der Waals surface area contributed by atoms with E-state index in [0.29, 0.717) is 24.4 Å². The lowest BCUT2D eigenvalue weighted by atomic mass is 10.0. The van der Waals surface area contributed by atoms with Gasteiger partial charge in [0.25, 0.3) is 0 Å². The molecule has 3 rings (SSSR count). The second-order valence-electron chi connectivity index (χ2n) is 5.59. The highest BCUT2D eigenvalue weighted by Crippen LogP contribution is 2.29. The van der Waals surface area contributed by atoms with Crippen molar-refractivity contribution in [3.05, 3.63) is 83.6 Å². The maximum atomic E-state index is 11.6. The van der Waals surface area contributed by atoms with E-state index in [2.05, 4.69) is 4.98 Å². The molecule has 25 heavy (non-hydrogen) atoms. The number of carbonyl (C=O) groups is 1. The minimum absolute atomic E-state index is 0.224. The molecule has 3 aromatic rings. The van der Waals surface area contributed by atoms with Gasteiger partial charge < -0.3 is 9.84 Å². The van der Waals surface area contributed by atoms with E-state index < -0.39 is 5.97 Å². The maximum absolute atomic E-state index is 11.6. The van der Waals surface area contributed by atoms with Gasteiger partial charge in [0.15, 0.2) is 0 Å². The Morgan fingerprint density at radius 1 is 1.00 bits per heavy atom. The summed E-state index contributed by atoms with van der Waals surface area (Å²) >= 11 is 0. The van der Waals surface area contributed by atoms with Crippen LogP contribution < -0.4 is 4.74 Å². The number of rotatable bonds is 6. The molecule has 1 heterocycles. The first-order valence-electron chi connectivity index (χ1n) is 8.18. The molecule has 0 bridgehead atoms. The molecule has 0 saturated carbocycles. The van der Waals surface area contributed by atoms with Crippen LogP contribution in [0, 0.1) is 0 Å². The highest BCUT2D eigenvalue weighted by molar-refractivity contribution is 5.89. The summed E-state index contributed by atoms with van der Waals surface area (Å²) in [5.41, 5.74) is 3.35. The number of carboxylic acids is 1. The van der Waals surface area contributed by atoms with Crippen molar-refractivity contribution in [1.82, 2.24) is 4.98 Å². The van der Waals surface area contributed by atoms with Crippen molar-refractivity contribution in [3.8, 4) is 17.0 Å². The van der Waals surface area contributed by atoms with E-state index in [9.17, 15) is 9.90 Å². The van der Waals surface area contributed by atoms with Gasteiger partial charge in [0.05, 0.1) is 23.6 Å². The van der Waals surface area contributed by atoms with Crippen molar-refractivity contribution in [2.45, 2.75) is 13.3 Å². The second kappa shape index (κ2) is 7.62. The third-order valence-corrected chi connectivity index (χ3v) is 3.88. The van der Waals surface area contributed by atoms with Crippen LogP contribution in [0.15, 0.2) is 66.7 Å². The summed E-state index contributed by atoms with van der Waals surface area (Å²) in [6.45, 7) is 2.49. The monoisotopic (exact) mass is 333 g/mol. The molecule has 0 fully saturated rings. The quantitative estimate of drug-likeness (QED) is 0.724. The van der Waals surface area contributed by atoms with Crippen LogP contribution in [0.5, 0.6) is 5.75 Å². The lowest BCUT2D eigenvalue weighted by molar-refractivity contribution is 0.0695. The first-order valence-corrected chi connectivity index (χ1v) is 8.18. The number of hydrogen-bond acceptors (Lipinski definition) is 3. The van der Waals surface area contributed by atoms with Crippen LogP contribution in [0.1, 0.15) is 28.5 Å². The summed E-state index contributed by atoms with van der Waals surface area (Å²) in [6, 6.07) is 20.7. The van der Waals surface area contributed by atoms with Gasteiger partial charge >= 0.3 is 5.97 Å². The van der Waals surface area contributed by atoms with Crippen molar-refractivity contribution in [2.24, 2.45) is 0 Å². The zero-order valence-corrected chi connectivity index (χ0v) is 14.0. The zero-order valence-electron chi connectivity index (χ0n) is 14.0. The molecule has 0 unspecified atom stereocenters. The fourth-order valence-corrected chi connectivity index (χ4v) is 2.73. The Labute approximate surface area is 146 Å². The Bertz CT molecular complexity index is 875.